The van der Waals surface area contributed by atoms with Crippen molar-refractivity contribution in [1.29, 1.82) is 0 Å². The smallest absolute Gasteiger partial charge is 0.228 e. The Morgan fingerprint density at radius 3 is 2.46 bits per heavy atom. The van der Waals surface area contributed by atoms with Crippen molar-refractivity contribution in [1.82, 2.24) is 0 Å². The SMILES string of the molecule is CCCCCCCCc1ccc([C@H]2CC[C@H](/C(=N/O)OC)C2)cc1. The third kappa shape index (κ3) is 5.54. The van der Waals surface area contributed by atoms with E-state index in [4.69, 9.17) is 9.94 Å². The number of unbranched alkanes of at least 4 members (excludes halogenated alkanes) is 5. The summed E-state index contributed by atoms with van der Waals surface area (Å²) in [5.41, 5.74) is 2.87. The van der Waals surface area contributed by atoms with Crippen molar-refractivity contribution in [3.63, 3.8) is 0 Å². The normalized spacial score (nSPS) is 21.2. The van der Waals surface area contributed by atoms with Gasteiger partial charge in [0, 0.05) is 5.92 Å². The lowest BCUT2D eigenvalue weighted by Gasteiger charge is -2.13. The van der Waals surface area contributed by atoms with Gasteiger partial charge in [-0.25, -0.2) is 0 Å². The van der Waals surface area contributed by atoms with Crippen LogP contribution in [0.15, 0.2) is 29.4 Å². The molecule has 1 N–H and O–H groups in total. The first kappa shape index (κ1) is 18.8. The van der Waals surface area contributed by atoms with Crippen LogP contribution in [-0.4, -0.2) is 18.2 Å². The Morgan fingerprint density at radius 1 is 1.08 bits per heavy atom. The molecule has 0 spiro atoms. The molecule has 0 aliphatic heterocycles. The summed E-state index contributed by atoms with van der Waals surface area (Å²) in [7, 11) is 1.58. The van der Waals surface area contributed by atoms with Crippen molar-refractivity contribution in [2.24, 2.45) is 11.1 Å². The molecule has 2 rings (SSSR count). The lowest BCUT2D eigenvalue weighted by atomic mass is 9.94. The molecule has 0 radical (unpaired) electrons. The van der Waals surface area contributed by atoms with Gasteiger partial charge in [0.1, 0.15) is 0 Å². The Kier molecular flexibility index (Phi) is 8.14. The third-order valence-corrected chi connectivity index (χ3v) is 5.36. The maximum Gasteiger partial charge on any atom is 0.228 e. The molecular formula is C21H33NO2. The van der Waals surface area contributed by atoms with E-state index >= 15 is 0 Å². The highest BCUT2D eigenvalue weighted by atomic mass is 16.5. The van der Waals surface area contributed by atoms with E-state index in [1.807, 2.05) is 0 Å². The van der Waals surface area contributed by atoms with Crippen LogP contribution in [0.3, 0.4) is 0 Å². The van der Waals surface area contributed by atoms with Crippen LogP contribution in [0.4, 0.5) is 0 Å². The van der Waals surface area contributed by atoms with E-state index in [9.17, 15) is 0 Å². The third-order valence-electron chi connectivity index (χ3n) is 5.36. The van der Waals surface area contributed by atoms with E-state index in [-0.39, 0.29) is 5.92 Å². The molecule has 2 atom stereocenters. The molecule has 1 aromatic carbocycles. The molecule has 0 heterocycles. The van der Waals surface area contributed by atoms with Crippen molar-refractivity contribution in [2.75, 3.05) is 7.11 Å². The van der Waals surface area contributed by atoms with E-state index in [1.54, 1.807) is 7.11 Å². The minimum atomic E-state index is 0.257. The summed E-state index contributed by atoms with van der Waals surface area (Å²) in [6.45, 7) is 2.26. The lowest BCUT2D eigenvalue weighted by molar-refractivity contribution is 0.270. The fourth-order valence-electron chi connectivity index (χ4n) is 3.86. The van der Waals surface area contributed by atoms with E-state index in [0.717, 1.165) is 19.3 Å². The molecule has 1 saturated carbocycles. The zero-order chi connectivity index (χ0) is 17.2. The van der Waals surface area contributed by atoms with E-state index in [2.05, 4.69) is 36.3 Å². The topological polar surface area (TPSA) is 41.8 Å². The van der Waals surface area contributed by atoms with Crippen molar-refractivity contribution in [2.45, 2.75) is 77.0 Å². The molecule has 3 nitrogen and oxygen atoms in total. The van der Waals surface area contributed by atoms with Crippen molar-refractivity contribution >= 4 is 5.90 Å². The average Bonchev–Trinajstić information content (AvgIpc) is 3.09. The number of oxime groups is 1. The number of methoxy groups -OCH3 is 1. The summed E-state index contributed by atoms with van der Waals surface area (Å²) in [5, 5.41) is 12.3. The Labute approximate surface area is 147 Å². The van der Waals surface area contributed by atoms with Crippen molar-refractivity contribution in [3.05, 3.63) is 35.4 Å². The van der Waals surface area contributed by atoms with Gasteiger partial charge in [-0.2, -0.15) is 0 Å². The van der Waals surface area contributed by atoms with Gasteiger partial charge in [-0.05, 0) is 49.1 Å². The molecule has 24 heavy (non-hydrogen) atoms. The van der Waals surface area contributed by atoms with Crippen LogP contribution >= 0.6 is 0 Å². The number of ether oxygens (including phenoxy) is 1. The number of rotatable bonds is 9. The Morgan fingerprint density at radius 2 is 1.79 bits per heavy atom. The number of hydrogen-bond donors (Lipinski definition) is 1. The number of benzene rings is 1. The van der Waals surface area contributed by atoms with Crippen LogP contribution in [0.5, 0.6) is 0 Å². The highest BCUT2D eigenvalue weighted by Gasteiger charge is 2.30. The highest BCUT2D eigenvalue weighted by Crippen LogP contribution is 2.39. The second kappa shape index (κ2) is 10.4. The van der Waals surface area contributed by atoms with Gasteiger partial charge < -0.3 is 9.94 Å². The Hall–Kier alpha value is -1.51. The molecular weight excluding hydrogens is 298 g/mol. The molecule has 0 amide bonds. The largest absolute Gasteiger partial charge is 0.482 e. The fourth-order valence-corrected chi connectivity index (χ4v) is 3.86. The Balaban J connectivity index is 1.76. The summed E-state index contributed by atoms with van der Waals surface area (Å²) >= 11 is 0. The van der Waals surface area contributed by atoms with Gasteiger partial charge in [0.2, 0.25) is 5.90 Å². The van der Waals surface area contributed by atoms with E-state index < -0.39 is 0 Å². The second-order valence-corrected chi connectivity index (χ2v) is 7.11. The van der Waals surface area contributed by atoms with Crippen LogP contribution in [-0.2, 0) is 11.2 Å². The van der Waals surface area contributed by atoms with Crippen LogP contribution in [0.1, 0.15) is 81.8 Å². The van der Waals surface area contributed by atoms with Gasteiger partial charge in [0.05, 0.1) is 7.11 Å². The minimum Gasteiger partial charge on any atom is -0.482 e. The highest BCUT2D eigenvalue weighted by molar-refractivity contribution is 5.78. The van der Waals surface area contributed by atoms with Crippen LogP contribution in [0.25, 0.3) is 0 Å². The van der Waals surface area contributed by atoms with Crippen LogP contribution in [0.2, 0.25) is 0 Å². The van der Waals surface area contributed by atoms with Crippen LogP contribution < -0.4 is 0 Å². The number of aryl methyl sites for hydroxylation is 1. The predicted octanol–water partition coefficient (Wildman–Crippen LogP) is 5.91. The summed E-state index contributed by atoms with van der Waals surface area (Å²) in [6.07, 6.45) is 12.5. The quantitative estimate of drug-likeness (QED) is 0.201. The molecule has 1 aliphatic carbocycles. The van der Waals surface area contributed by atoms with E-state index in [0.29, 0.717) is 11.8 Å². The predicted molar refractivity (Wildman–Crippen MR) is 99.8 cm³/mol. The van der Waals surface area contributed by atoms with Gasteiger partial charge in [-0.3, -0.25) is 0 Å². The van der Waals surface area contributed by atoms with Gasteiger partial charge in [0.15, 0.2) is 0 Å². The second-order valence-electron chi connectivity index (χ2n) is 7.11. The molecule has 134 valence electrons. The van der Waals surface area contributed by atoms with Gasteiger partial charge in [-0.15, -0.1) is 0 Å². The van der Waals surface area contributed by atoms with E-state index in [1.165, 1.54) is 56.1 Å². The minimum absolute atomic E-state index is 0.257. The molecule has 3 heteroatoms. The standard InChI is InChI=1S/C21H33NO2/c1-3-4-5-6-7-8-9-17-10-12-18(13-11-17)19-14-15-20(16-19)21(22-23)24-2/h10-13,19-20,23H,3-9,14-16H2,1-2H3/b22-21-/t19-,20-/m0/s1. The molecule has 0 saturated heterocycles. The van der Waals surface area contributed by atoms with Crippen molar-refractivity contribution < 1.29 is 9.94 Å². The maximum atomic E-state index is 8.99. The molecule has 1 aliphatic rings. The maximum absolute atomic E-state index is 8.99. The average molecular weight is 332 g/mol. The van der Waals surface area contributed by atoms with Gasteiger partial charge >= 0.3 is 0 Å². The van der Waals surface area contributed by atoms with Gasteiger partial charge in [0.25, 0.3) is 0 Å². The summed E-state index contributed by atoms with van der Waals surface area (Å²) < 4.78 is 5.17. The first-order valence-electron chi connectivity index (χ1n) is 9.63. The fraction of sp³-hybridized carbons (Fsp3) is 0.667. The van der Waals surface area contributed by atoms with Crippen LogP contribution in [0, 0.1) is 5.92 Å². The summed E-state index contributed by atoms with van der Waals surface area (Å²) in [5.74, 6) is 1.30. The first-order chi connectivity index (χ1) is 11.8. The zero-order valence-electron chi connectivity index (χ0n) is 15.3. The zero-order valence-corrected chi connectivity index (χ0v) is 15.3. The number of hydrogen-bond acceptors (Lipinski definition) is 3. The molecule has 1 fully saturated rings. The lowest BCUT2D eigenvalue weighted by Crippen LogP contribution is -2.13. The molecule has 0 bridgehead atoms. The van der Waals surface area contributed by atoms with Crippen molar-refractivity contribution in [3.8, 4) is 0 Å². The summed E-state index contributed by atoms with van der Waals surface area (Å²) in [4.78, 5) is 0. The molecule has 0 unspecified atom stereocenters. The number of nitrogens with zero attached hydrogens (tertiary/aromatic N) is 1. The first-order valence-corrected chi connectivity index (χ1v) is 9.63. The summed E-state index contributed by atoms with van der Waals surface area (Å²) in [6, 6.07) is 9.18. The molecule has 0 aromatic heterocycles. The van der Waals surface area contributed by atoms with Gasteiger partial charge in [-0.1, -0.05) is 68.4 Å². The molecule has 1 aromatic rings. The monoisotopic (exact) mass is 331 g/mol. The Bertz CT molecular complexity index is 495.